The molecule has 13 heteroatoms. The topological polar surface area (TPSA) is 120 Å². The standard InChI is InChI=1S/C23H18ClF2N3O5S2/c24-19-3-1-6-22(18(19)15-27)34-16-7-9-17(10-8-16)35(30,31)28-11-13-29(14-12-28)36(32,33)23-20(25)4-2-5-21(23)26/h1-10H,11-14H2. The molecule has 1 saturated heterocycles. The number of nitriles is 1. The summed E-state index contributed by atoms with van der Waals surface area (Å²) in [7, 11) is -8.47. The van der Waals surface area contributed by atoms with E-state index in [1.165, 1.54) is 24.3 Å². The summed E-state index contributed by atoms with van der Waals surface area (Å²) in [4.78, 5) is -1.12. The van der Waals surface area contributed by atoms with E-state index in [2.05, 4.69) is 0 Å². The van der Waals surface area contributed by atoms with Gasteiger partial charge in [-0.15, -0.1) is 8.61 Å². The van der Waals surface area contributed by atoms with E-state index in [1.54, 1.807) is 18.2 Å². The second kappa shape index (κ2) is 10.3. The van der Waals surface area contributed by atoms with Crippen molar-refractivity contribution in [2.75, 3.05) is 26.2 Å². The lowest BCUT2D eigenvalue weighted by Crippen LogP contribution is -2.53. The molecule has 188 valence electrons. The normalized spacial score (nSPS) is 18.1. The Kier molecular flexibility index (Phi) is 7.53. The Morgan fingerprint density at radius 3 is 1.94 bits per heavy atom. The molecule has 0 radical (unpaired) electrons. The number of sulfonamides is 2. The van der Waals surface area contributed by atoms with Crippen molar-refractivity contribution in [2.45, 2.75) is 9.79 Å². The highest BCUT2D eigenvalue weighted by Gasteiger charge is 2.42. The molecule has 1 fully saturated rings. The smallest absolute Gasteiger partial charge is 0.246 e. The van der Waals surface area contributed by atoms with Crippen LogP contribution < -0.4 is 4.74 Å². The third-order valence-corrected chi connectivity index (χ3v) is 9.67. The van der Waals surface area contributed by atoms with Crippen molar-refractivity contribution >= 4 is 32.4 Å². The number of ether oxygens (including phenoxy) is 1. The Morgan fingerprint density at radius 1 is 0.861 bits per heavy atom. The molecule has 1 aliphatic heterocycles. The minimum atomic E-state index is -4.49. The predicted octanol–water partition coefficient (Wildman–Crippen LogP) is 4.41. The Morgan fingerprint density at radius 2 is 1.39 bits per heavy atom. The second-order valence-electron chi connectivity index (χ2n) is 7.66. The van der Waals surface area contributed by atoms with E-state index in [0.29, 0.717) is 0 Å². The van der Waals surface area contributed by atoms with Gasteiger partial charge in [0.15, 0.2) is 37.3 Å². The fourth-order valence-corrected chi connectivity index (χ4v) is 6.82. The Balaban J connectivity index is 1.46. The van der Waals surface area contributed by atoms with Gasteiger partial charge in [0.1, 0.15) is 23.1 Å². The fraction of sp³-hybridized carbons (Fsp3) is 0.174. The largest absolute Gasteiger partial charge is 0.593 e. The van der Waals surface area contributed by atoms with Crippen LogP contribution in [0.3, 0.4) is 0 Å². The number of rotatable bonds is 6. The number of hydrogen-bond donors (Lipinski definition) is 0. The summed E-state index contributed by atoms with van der Waals surface area (Å²) in [5, 5.41) is 9.47. The van der Waals surface area contributed by atoms with Crippen LogP contribution in [-0.2, 0) is 29.2 Å². The van der Waals surface area contributed by atoms with Gasteiger partial charge in [-0.3, -0.25) is 0 Å². The molecule has 8 nitrogen and oxygen atoms in total. The molecule has 0 aromatic heterocycles. The van der Waals surface area contributed by atoms with Crippen LogP contribution in [0, 0.1) is 23.0 Å². The van der Waals surface area contributed by atoms with Crippen molar-refractivity contribution in [3.8, 4) is 17.6 Å². The van der Waals surface area contributed by atoms with E-state index in [1.807, 2.05) is 6.07 Å². The number of nitrogens with zero attached hydrogens (tertiary/aromatic N) is 3. The zero-order valence-corrected chi connectivity index (χ0v) is 20.8. The number of hydrogen-bond acceptors (Lipinski definition) is 6. The van der Waals surface area contributed by atoms with Gasteiger partial charge in [-0.05, 0) is 48.5 Å². The number of halogens is 3. The average molecular weight is 554 g/mol. The fourth-order valence-electron chi connectivity index (χ4n) is 3.66. The van der Waals surface area contributed by atoms with Crippen LogP contribution in [0.4, 0.5) is 8.78 Å². The summed E-state index contributed by atoms with van der Waals surface area (Å²) in [5.41, 5.74) is 0.138. The van der Waals surface area contributed by atoms with Crippen molar-refractivity contribution < 1.29 is 31.0 Å². The summed E-state index contributed by atoms with van der Waals surface area (Å²) >= 11 is 5.99. The maximum Gasteiger partial charge on any atom is 0.246 e. The van der Waals surface area contributed by atoms with E-state index >= 15 is 0 Å². The molecular formula is C23H18ClF2N3O5S2. The van der Waals surface area contributed by atoms with Crippen molar-refractivity contribution in [2.24, 2.45) is 0 Å². The van der Waals surface area contributed by atoms with Gasteiger partial charge in [-0.1, -0.05) is 32.2 Å². The van der Waals surface area contributed by atoms with E-state index in [0.717, 1.165) is 26.8 Å². The highest BCUT2D eigenvalue weighted by molar-refractivity contribution is 7.96. The summed E-state index contributed by atoms with van der Waals surface area (Å²) < 4.78 is 87.3. The van der Waals surface area contributed by atoms with E-state index in [9.17, 15) is 31.6 Å². The van der Waals surface area contributed by atoms with Gasteiger partial charge in [0.05, 0.1) is 31.2 Å². The molecule has 0 saturated carbocycles. The van der Waals surface area contributed by atoms with Crippen molar-refractivity contribution in [3.05, 3.63) is 82.9 Å². The zero-order chi connectivity index (χ0) is 26.1. The van der Waals surface area contributed by atoms with Crippen LogP contribution in [0.25, 0.3) is 0 Å². The summed E-state index contributed by atoms with van der Waals surface area (Å²) in [6.07, 6.45) is 0. The number of benzene rings is 3. The molecule has 0 bridgehead atoms. The first-order chi connectivity index (χ1) is 17.1. The average Bonchev–Trinajstić information content (AvgIpc) is 2.84. The van der Waals surface area contributed by atoms with E-state index in [-0.39, 0.29) is 53.2 Å². The van der Waals surface area contributed by atoms with E-state index in [4.69, 9.17) is 16.3 Å². The molecule has 4 rings (SSSR count). The molecule has 0 amide bonds. The summed E-state index contributed by atoms with van der Waals surface area (Å²) in [5.74, 6) is -1.95. The van der Waals surface area contributed by atoms with Gasteiger partial charge < -0.3 is 13.8 Å². The first kappa shape index (κ1) is 26.3. The minimum Gasteiger partial charge on any atom is -0.593 e. The lowest BCUT2D eigenvalue weighted by atomic mass is 10.2. The van der Waals surface area contributed by atoms with Gasteiger partial charge in [-0.25, -0.2) is 8.78 Å². The minimum absolute atomic E-state index is 0.0575. The highest BCUT2D eigenvalue weighted by Crippen LogP contribution is 2.33. The lowest BCUT2D eigenvalue weighted by molar-refractivity contribution is 0.240. The molecule has 0 aliphatic carbocycles. The second-order valence-corrected chi connectivity index (χ2v) is 11.9. The Hall–Kier alpha value is -2.76. The summed E-state index contributed by atoms with van der Waals surface area (Å²) in [6, 6.07) is 14.9. The van der Waals surface area contributed by atoms with E-state index < -0.39 is 37.3 Å². The van der Waals surface area contributed by atoms with Crippen LogP contribution in [0.1, 0.15) is 5.56 Å². The van der Waals surface area contributed by atoms with Gasteiger partial charge in [0.25, 0.3) is 0 Å². The molecule has 36 heavy (non-hydrogen) atoms. The monoisotopic (exact) mass is 553 g/mol. The van der Waals surface area contributed by atoms with Crippen LogP contribution in [0.5, 0.6) is 11.5 Å². The van der Waals surface area contributed by atoms with Crippen molar-refractivity contribution in [1.82, 2.24) is 8.61 Å². The van der Waals surface area contributed by atoms with Gasteiger partial charge >= 0.3 is 0 Å². The molecule has 1 aliphatic rings. The highest BCUT2D eigenvalue weighted by atomic mass is 35.5. The van der Waals surface area contributed by atoms with Crippen LogP contribution >= 0.6 is 11.6 Å². The molecule has 2 unspecified atom stereocenters. The third-order valence-electron chi connectivity index (χ3n) is 5.49. The Labute approximate surface area is 213 Å². The SMILES string of the molecule is N#Cc1c(Cl)cccc1Oc1ccc([S+](=O)([O-])N2CCN([S+](=O)([O-])c3c(F)cccc3F)CC2)cc1. The van der Waals surface area contributed by atoms with Gasteiger partial charge in [-0.2, -0.15) is 5.26 Å². The molecular weight excluding hydrogens is 536 g/mol. The molecule has 3 aromatic carbocycles. The number of piperazine rings is 1. The quantitative estimate of drug-likeness (QED) is 0.417. The third kappa shape index (κ3) is 5.05. The van der Waals surface area contributed by atoms with Crippen LogP contribution in [-0.4, -0.2) is 43.9 Å². The Bertz CT molecular complexity index is 1410. The summed E-state index contributed by atoms with van der Waals surface area (Å²) in [6.45, 7) is -0.960. The first-order valence-corrected chi connectivity index (χ1v) is 13.7. The predicted molar refractivity (Wildman–Crippen MR) is 126 cm³/mol. The maximum absolute atomic E-state index is 14.0. The van der Waals surface area contributed by atoms with Gasteiger partial charge in [0.2, 0.25) is 4.90 Å². The molecule has 1 heterocycles. The van der Waals surface area contributed by atoms with Crippen molar-refractivity contribution in [1.29, 1.82) is 5.26 Å². The molecule has 0 spiro atoms. The maximum atomic E-state index is 14.0. The van der Waals surface area contributed by atoms with Crippen molar-refractivity contribution in [3.63, 3.8) is 0 Å². The molecule has 3 aromatic rings. The van der Waals surface area contributed by atoms with Gasteiger partial charge in [0, 0.05) is 0 Å². The zero-order valence-electron chi connectivity index (χ0n) is 18.4. The van der Waals surface area contributed by atoms with Crippen LogP contribution in [0.2, 0.25) is 5.02 Å². The molecule has 2 atom stereocenters. The lowest BCUT2D eigenvalue weighted by Gasteiger charge is -2.36. The molecule has 0 N–H and O–H groups in total. The van der Waals surface area contributed by atoms with Crippen LogP contribution in [0.15, 0.2) is 70.5 Å². The first-order valence-electron chi connectivity index (χ1n) is 10.5.